The summed E-state index contributed by atoms with van der Waals surface area (Å²) in [6, 6.07) is 2.84. The molecule has 29 heavy (non-hydrogen) atoms. The van der Waals surface area contributed by atoms with Gasteiger partial charge in [0.2, 0.25) is 11.8 Å². The molecular formula is C20H25BN2O6. The van der Waals surface area contributed by atoms with Crippen molar-refractivity contribution in [3.05, 3.63) is 23.3 Å². The Bertz CT molecular complexity index is 896. The summed E-state index contributed by atoms with van der Waals surface area (Å²) in [5.74, 6) is -0.457. The standard InChI is InChI=1S/C20H25BN2O6/c1-19(2)20(3,4)29-21(28-19)13-7-6-11-12(16(13)27-5)10-23(18(11)26)14-8-9-15(24)22-17(14)25/h6-7,14H,8-10H2,1-5H3,(H,22,24,25). The fraction of sp³-hybridized carbons (Fsp3) is 0.550. The van der Waals surface area contributed by atoms with E-state index in [9.17, 15) is 14.4 Å². The van der Waals surface area contributed by atoms with Crippen LogP contribution >= 0.6 is 0 Å². The van der Waals surface area contributed by atoms with Crippen LogP contribution in [0.25, 0.3) is 0 Å². The molecule has 2 saturated heterocycles. The lowest BCUT2D eigenvalue weighted by atomic mass is 9.77. The Kier molecular flexibility index (Phi) is 4.51. The molecule has 1 atom stereocenters. The molecule has 3 aliphatic rings. The van der Waals surface area contributed by atoms with E-state index in [4.69, 9.17) is 14.0 Å². The number of rotatable bonds is 3. The average molecular weight is 400 g/mol. The molecule has 1 unspecified atom stereocenters. The first kappa shape index (κ1) is 19.9. The molecule has 0 bridgehead atoms. The molecular weight excluding hydrogens is 375 g/mol. The number of hydrogen-bond donors (Lipinski definition) is 1. The molecule has 0 radical (unpaired) electrons. The van der Waals surface area contributed by atoms with E-state index in [1.165, 1.54) is 4.90 Å². The molecule has 0 spiro atoms. The van der Waals surface area contributed by atoms with Crippen LogP contribution in [0, 0.1) is 0 Å². The van der Waals surface area contributed by atoms with Gasteiger partial charge >= 0.3 is 7.12 Å². The normalized spacial score (nSPS) is 25.3. The van der Waals surface area contributed by atoms with Crippen LogP contribution in [0.2, 0.25) is 0 Å². The van der Waals surface area contributed by atoms with Gasteiger partial charge in [-0.1, -0.05) is 6.07 Å². The van der Waals surface area contributed by atoms with Gasteiger partial charge in [0.25, 0.3) is 5.91 Å². The topological polar surface area (TPSA) is 94.2 Å². The van der Waals surface area contributed by atoms with Crippen molar-refractivity contribution in [3.8, 4) is 5.75 Å². The summed E-state index contributed by atoms with van der Waals surface area (Å²) in [7, 11) is 0.920. The zero-order chi connectivity index (χ0) is 21.1. The number of fused-ring (bicyclic) bond motifs is 1. The SMILES string of the molecule is COc1c(B2OC(C)(C)C(C)(C)O2)ccc2c1CN(C1CCC(=O)NC1=O)C2=O. The number of piperidine rings is 1. The van der Waals surface area contributed by atoms with Gasteiger partial charge < -0.3 is 18.9 Å². The molecule has 2 fully saturated rings. The van der Waals surface area contributed by atoms with E-state index in [1.54, 1.807) is 19.2 Å². The van der Waals surface area contributed by atoms with E-state index in [0.29, 0.717) is 28.8 Å². The number of carbonyl (C=O) groups excluding carboxylic acids is 3. The Morgan fingerprint density at radius 2 is 1.79 bits per heavy atom. The first-order valence-corrected chi connectivity index (χ1v) is 9.76. The maximum atomic E-state index is 13.0. The van der Waals surface area contributed by atoms with Crippen LogP contribution in [-0.4, -0.2) is 54.1 Å². The highest BCUT2D eigenvalue weighted by atomic mass is 16.7. The number of ether oxygens (including phenoxy) is 1. The maximum Gasteiger partial charge on any atom is 0.498 e. The molecule has 0 aromatic heterocycles. The molecule has 3 aliphatic heterocycles. The third-order valence-electron chi connectivity index (χ3n) is 6.41. The lowest BCUT2D eigenvalue weighted by molar-refractivity contribution is -0.136. The molecule has 0 saturated carbocycles. The number of carbonyl (C=O) groups is 3. The van der Waals surface area contributed by atoms with Crippen LogP contribution in [0.4, 0.5) is 0 Å². The number of benzene rings is 1. The summed E-state index contributed by atoms with van der Waals surface area (Å²) in [6.45, 7) is 8.13. The molecule has 154 valence electrons. The maximum absolute atomic E-state index is 13.0. The number of hydrogen-bond acceptors (Lipinski definition) is 6. The summed E-state index contributed by atoms with van der Waals surface area (Å²) in [6.07, 6.45) is 0.531. The van der Waals surface area contributed by atoms with Gasteiger partial charge in [0.1, 0.15) is 11.8 Å². The zero-order valence-corrected chi connectivity index (χ0v) is 17.3. The predicted octanol–water partition coefficient (Wildman–Crippen LogP) is 0.755. The van der Waals surface area contributed by atoms with Crippen molar-refractivity contribution < 1.29 is 28.4 Å². The van der Waals surface area contributed by atoms with Gasteiger partial charge in [0.05, 0.1) is 24.9 Å². The Balaban J connectivity index is 1.67. The number of imide groups is 1. The van der Waals surface area contributed by atoms with Crippen LogP contribution in [-0.2, 0) is 25.4 Å². The van der Waals surface area contributed by atoms with Crippen LogP contribution in [0.15, 0.2) is 12.1 Å². The zero-order valence-electron chi connectivity index (χ0n) is 17.3. The third-order valence-corrected chi connectivity index (χ3v) is 6.41. The van der Waals surface area contributed by atoms with E-state index >= 15 is 0 Å². The highest BCUT2D eigenvalue weighted by Crippen LogP contribution is 2.39. The predicted molar refractivity (Wildman–Crippen MR) is 105 cm³/mol. The van der Waals surface area contributed by atoms with Crippen LogP contribution in [0.3, 0.4) is 0 Å². The summed E-state index contributed by atoms with van der Waals surface area (Å²) < 4.78 is 18.0. The second-order valence-electron chi connectivity index (χ2n) is 8.70. The van der Waals surface area contributed by atoms with Crippen molar-refractivity contribution in [1.29, 1.82) is 0 Å². The van der Waals surface area contributed by atoms with Gasteiger partial charge in [-0.2, -0.15) is 0 Å². The summed E-state index contributed by atoms with van der Waals surface area (Å²) >= 11 is 0. The van der Waals surface area contributed by atoms with E-state index in [1.807, 2.05) is 27.7 Å². The molecule has 1 aromatic rings. The van der Waals surface area contributed by atoms with Crippen molar-refractivity contribution in [2.24, 2.45) is 0 Å². The van der Waals surface area contributed by atoms with Crippen molar-refractivity contribution in [2.75, 3.05) is 7.11 Å². The van der Waals surface area contributed by atoms with E-state index in [0.717, 1.165) is 0 Å². The minimum absolute atomic E-state index is 0.215. The van der Waals surface area contributed by atoms with Gasteiger partial charge in [-0.05, 0) is 40.2 Å². The minimum Gasteiger partial charge on any atom is -0.497 e. The lowest BCUT2D eigenvalue weighted by Gasteiger charge is -2.32. The van der Waals surface area contributed by atoms with E-state index < -0.39 is 30.3 Å². The van der Waals surface area contributed by atoms with Crippen LogP contribution < -0.4 is 15.5 Å². The van der Waals surface area contributed by atoms with Gasteiger partial charge in [-0.3, -0.25) is 19.7 Å². The Morgan fingerprint density at radius 3 is 2.38 bits per heavy atom. The molecule has 0 aliphatic carbocycles. The molecule has 8 nitrogen and oxygen atoms in total. The number of nitrogens with one attached hydrogen (secondary N) is 1. The average Bonchev–Trinajstić information content (AvgIpc) is 3.07. The first-order valence-electron chi connectivity index (χ1n) is 9.76. The lowest BCUT2D eigenvalue weighted by Crippen LogP contribution is -2.52. The molecule has 1 aromatic carbocycles. The summed E-state index contributed by atoms with van der Waals surface area (Å²) in [5, 5.41) is 2.31. The highest BCUT2D eigenvalue weighted by Gasteiger charge is 2.53. The molecule has 1 N–H and O–H groups in total. The quantitative estimate of drug-likeness (QED) is 0.595. The van der Waals surface area contributed by atoms with Crippen molar-refractivity contribution in [3.63, 3.8) is 0 Å². The largest absolute Gasteiger partial charge is 0.498 e. The van der Waals surface area contributed by atoms with Crippen molar-refractivity contribution in [2.45, 2.75) is 64.3 Å². The molecule has 9 heteroatoms. The van der Waals surface area contributed by atoms with Crippen molar-refractivity contribution in [1.82, 2.24) is 10.2 Å². The molecule has 3 amide bonds. The van der Waals surface area contributed by atoms with Crippen molar-refractivity contribution >= 4 is 30.3 Å². The second kappa shape index (κ2) is 6.57. The smallest absolute Gasteiger partial charge is 0.497 e. The number of methoxy groups -OCH3 is 1. The third kappa shape index (κ3) is 3.03. The molecule has 3 heterocycles. The first-order chi connectivity index (χ1) is 13.6. The number of amides is 3. The minimum atomic E-state index is -0.669. The van der Waals surface area contributed by atoms with Crippen LogP contribution in [0.5, 0.6) is 5.75 Å². The fourth-order valence-corrected chi connectivity index (χ4v) is 4.03. The van der Waals surface area contributed by atoms with Gasteiger partial charge in [-0.15, -0.1) is 0 Å². The summed E-state index contributed by atoms with van der Waals surface area (Å²) in [5.41, 5.74) is 0.899. The van der Waals surface area contributed by atoms with Gasteiger partial charge in [0, 0.05) is 23.0 Å². The highest BCUT2D eigenvalue weighted by molar-refractivity contribution is 6.63. The van der Waals surface area contributed by atoms with E-state index in [-0.39, 0.29) is 24.8 Å². The fourth-order valence-electron chi connectivity index (χ4n) is 4.03. The Hall–Kier alpha value is -2.39. The van der Waals surface area contributed by atoms with Crippen LogP contribution in [0.1, 0.15) is 56.5 Å². The Labute approximate surface area is 170 Å². The van der Waals surface area contributed by atoms with Gasteiger partial charge in [0.15, 0.2) is 0 Å². The van der Waals surface area contributed by atoms with Gasteiger partial charge in [-0.25, -0.2) is 0 Å². The second-order valence-corrected chi connectivity index (χ2v) is 8.70. The number of nitrogens with zero attached hydrogens (tertiary/aromatic N) is 1. The van der Waals surface area contributed by atoms with E-state index in [2.05, 4.69) is 5.32 Å². The summed E-state index contributed by atoms with van der Waals surface area (Å²) in [4.78, 5) is 38.2. The monoisotopic (exact) mass is 400 g/mol. The Morgan fingerprint density at radius 1 is 1.14 bits per heavy atom. The molecule has 4 rings (SSSR count).